The second kappa shape index (κ2) is 16.8. The number of amides is 4. The first-order chi connectivity index (χ1) is 25.6. The first-order valence-corrected chi connectivity index (χ1v) is 19.8. The molecule has 1 fully saturated rings. The second-order valence-corrected chi connectivity index (χ2v) is 16.7. The predicted molar refractivity (Wildman–Crippen MR) is 192 cm³/mol. The first kappa shape index (κ1) is 45.0. The molecule has 308 valence electrons. The molecule has 0 radical (unpaired) electrons. The van der Waals surface area contributed by atoms with Crippen LogP contribution >= 0.6 is 22.7 Å². The van der Waals surface area contributed by atoms with Gasteiger partial charge in [-0.1, -0.05) is 10.3 Å². The Bertz CT molecular complexity index is 2200. The van der Waals surface area contributed by atoms with Crippen molar-refractivity contribution in [1.82, 2.24) is 29.6 Å². The van der Waals surface area contributed by atoms with E-state index in [1.54, 1.807) is 4.72 Å². The van der Waals surface area contributed by atoms with Gasteiger partial charge in [0.15, 0.2) is 21.7 Å². The normalized spacial score (nSPS) is 17.9. The molecule has 4 atom stereocenters. The Labute approximate surface area is 324 Å². The SMILES string of the molecule is CC(NS(=O)(=O)O)C(NC(=O)/C(=N\OC(C)(C)C(=O)O)c1csc(N)n1)C(=O)Nc1nc(/C(=N/OC(C)(C)C(=O)O)C(=O)NC2C(=O)N(S(=O)(=O)O)C2C)cs1. The lowest BCUT2D eigenvalue weighted by atomic mass is 10.0. The molecule has 0 spiro atoms. The van der Waals surface area contributed by atoms with Crippen LogP contribution in [0.3, 0.4) is 0 Å². The summed E-state index contributed by atoms with van der Waals surface area (Å²) < 4.78 is 66.8. The summed E-state index contributed by atoms with van der Waals surface area (Å²) in [7, 11) is -9.99. The fourth-order valence-corrected chi connectivity index (χ4v) is 6.80. The molecular weight excluding hydrogens is 837 g/mol. The van der Waals surface area contributed by atoms with Gasteiger partial charge in [0, 0.05) is 10.8 Å². The molecule has 30 heteroatoms. The number of carboxylic acid groups (broad SMARTS) is 2. The Morgan fingerprint density at radius 3 is 1.86 bits per heavy atom. The fraction of sp³-hybridized carbons (Fsp3) is 0.462. The van der Waals surface area contributed by atoms with Crippen LogP contribution in [0.1, 0.15) is 52.9 Å². The van der Waals surface area contributed by atoms with Gasteiger partial charge in [-0.2, -0.15) is 21.6 Å². The number of aromatic nitrogens is 2. The van der Waals surface area contributed by atoms with E-state index in [0.29, 0.717) is 11.3 Å². The van der Waals surface area contributed by atoms with E-state index in [2.05, 4.69) is 36.2 Å². The summed E-state index contributed by atoms with van der Waals surface area (Å²) in [5.41, 5.74) is -0.531. The van der Waals surface area contributed by atoms with Gasteiger partial charge in [0.2, 0.25) is 17.1 Å². The summed E-state index contributed by atoms with van der Waals surface area (Å²) in [6.45, 7) is 6.56. The molecule has 56 heavy (non-hydrogen) atoms. The van der Waals surface area contributed by atoms with Crippen molar-refractivity contribution in [3.63, 3.8) is 0 Å². The monoisotopic (exact) mass is 870 g/mol. The summed E-state index contributed by atoms with van der Waals surface area (Å²) in [5.74, 6) is -8.00. The molecule has 0 aliphatic carbocycles. The van der Waals surface area contributed by atoms with E-state index in [0.717, 1.165) is 51.3 Å². The summed E-state index contributed by atoms with van der Waals surface area (Å²) >= 11 is 1.45. The molecule has 1 saturated heterocycles. The lowest BCUT2D eigenvalue weighted by Crippen LogP contribution is -2.71. The van der Waals surface area contributed by atoms with Gasteiger partial charge in [-0.25, -0.2) is 23.9 Å². The Morgan fingerprint density at radius 1 is 0.911 bits per heavy atom. The van der Waals surface area contributed by atoms with E-state index < -0.39 is 109 Å². The smallest absolute Gasteiger partial charge is 0.362 e. The minimum atomic E-state index is -5.02. The van der Waals surface area contributed by atoms with Crippen molar-refractivity contribution in [1.29, 1.82) is 0 Å². The molecule has 2 aromatic rings. The third-order valence-electron chi connectivity index (χ3n) is 7.21. The average molecular weight is 871 g/mol. The van der Waals surface area contributed by atoms with Crippen LogP contribution in [-0.4, -0.2) is 133 Å². The number of anilines is 2. The predicted octanol–water partition coefficient (Wildman–Crippen LogP) is -2.23. The van der Waals surface area contributed by atoms with Gasteiger partial charge in [-0.3, -0.25) is 28.3 Å². The van der Waals surface area contributed by atoms with E-state index in [1.807, 2.05) is 0 Å². The maximum atomic E-state index is 13.6. The van der Waals surface area contributed by atoms with Gasteiger partial charge in [0.05, 0.1) is 12.1 Å². The molecule has 0 saturated carbocycles. The highest BCUT2D eigenvalue weighted by Crippen LogP contribution is 2.24. The van der Waals surface area contributed by atoms with Crippen LogP contribution in [0.25, 0.3) is 0 Å². The fourth-order valence-electron chi connectivity index (χ4n) is 4.07. The number of β-lactam (4-membered cyclic amide) rings is 1. The largest absolute Gasteiger partial charge is 0.478 e. The molecule has 0 bridgehead atoms. The van der Waals surface area contributed by atoms with Crippen LogP contribution < -0.4 is 26.4 Å². The van der Waals surface area contributed by atoms with Crippen molar-refractivity contribution in [3.05, 3.63) is 22.1 Å². The molecule has 4 unspecified atom stereocenters. The van der Waals surface area contributed by atoms with Crippen molar-refractivity contribution < 1.29 is 74.6 Å². The van der Waals surface area contributed by atoms with Crippen molar-refractivity contribution >= 4 is 101 Å². The Kier molecular flexibility index (Phi) is 13.5. The van der Waals surface area contributed by atoms with Crippen LogP contribution in [0, 0.1) is 0 Å². The van der Waals surface area contributed by atoms with E-state index >= 15 is 0 Å². The highest BCUT2D eigenvalue weighted by Gasteiger charge is 2.52. The van der Waals surface area contributed by atoms with Crippen LogP contribution in [0.15, 0.2) is 21.1 Å². The number of nitrogens with zero attached hydrogens (tertiary/aromatic N) is 5. The van der Waals surface area contributed by atoms with E-state index in [-0.39, 0.29) is 20.3 Å². The van der Waals surface area contributed by atoms with Crippen LogP contribution in [-0.2, 0) is 59.1 Å². The van der Waals surface area contributed by atoms with Gasteiger partial charge >= 0.3 is 32.5 Å². The maximum absolute atomic E-state index is 13.6. The number of nitrogen functional groups attached to an aromatic ring is 1. The summed E-state index contributed by atoms with van der Waals surface area (Å²) in [6.07, 6.45) is 0. The number of thiazole rings is 2. The Morgan fingerprint density at radius 2 is 1.41 bits per heavy atom. The summed E-state index contributed by atoms with van der Waals surface area (Å²) in [6, 6.07) is -6.39. The maximum Gasteiger partial charge on any atom is 0.362 e. The molecule has 4 amide bonds. The number of rotatable bonds is 18. The third-order valence-corrected chi connectivity index (χ3v) is 10.3. The average Bonchev–Trinajstić information content (AvgIpc) is 3.69. The summed E-state index contributed by atoms with van der Waals surface area (Å²) in [4.78, 5) is 94.0. The number of nitrogens with one attached hydrogen (secondary N) is 4. The zero-order valence-corrected chi connectivity index (χ0v) is 32.9. The minimum absolute atomic E-state index is 0.0596. The molecule has 3 rings (SSSR count). The molecule has 10 N–H and O–H groups in total. The molecular formula is C26H34N10O16S4. The minimum Gasteiger partial charge on any atom is -0.478 e. The number of nitrogens with two attached hydrogens (primary N) is 1. The molecule has 2 aromatic heterocycles. The number of hydrogen-bond donors (Lipinski definition) is 9. The van der Waals surface area contributed by atoms with Crippen LogP contribution in [0.2, 0.25) is 0 Å². The lowest BCUT2D eigenvalue weighted by molar-refractivity contribution is -0.161. The molecule has 1 aliphatic rings. The van der Waals surface area contributed by atoms with Gasteiger partial charge in [-0.05, 0) is 41.5 Å². The second-order valence-electron chi connectivity index (χ2n) is 12.4. The Balaban J connectivity index is 1.97. The Hall–Kier alpha value is -5.40. The van der Waals surface area contributed by atoms with Crippen LogP contribution in [0.5, 0.6) is 0 Å². The standard InChI is InChI=1S/C26H34N10O16S4/c1-9(35-55(45,46)47)13(30-18(38)15(11-7-53-23(27)28-11)33-51-25(3,4)21(41)42)17(37)32-24-29-12(8-54-24)16(34-52-26(5,6)22(43)44)19(39)31-14-10(2)36(20(14)40)56(48,49)50/h7-10,13-14,35H,1-6H3,(H2,27,28)(H,30,38)(H,31,39)(H,41,42)(H,43,44)(H,29,32,37)(H,45,46,47)(H,48,49,50)/b33-15-,34-16-. The van der Waals surface area contributed by atoms with E-state index in [4.69, 9.17) is 15.4 Å². The molecule has 1 aliphatic heterocycles. The quantitative estimate of drug-likeness (QED) is 0.0331. The lowest BCUT2D eigenvalue weighted by Gasteiger charge is -2.42. The van der Waals surface area contributed by atoms with Crippen molar-refractivity contribution in [2.75, 3.05) is 11.1 Å². The number of carbonyl (C=O) groups is 6. The molecule has 3 heterocycles. The third kappa shape index (κ3) is 11.1. The van der Waals surface area contributed by atoms with Gasteiger partial charge < -0.3 is 41.6 Å². The van der Waals surface area contributed by atoms with E-state index in [1.165, 1.54) is 12.3 Å². The van der Waals surface area contributed by atoms with Crippen molar-refractivity contribution in [3.8, 4) is 0 Å². The number of hydrogen-bond acceptors (Lipinski definition) is 19. The zero-order valence-electron chi connectivity index (χ0n) is 29.6. The highest BCUT2D eigenvalue weighted by atomic mass is 32.2. The summed E-state index contributed by atoms with van der Waals surface area (Å²) in [5, 5.41) is 34.5. The zero-order chi connectivity index (χ0) is 42.7. The van der Waals surface area contributed by atoms with Crippen LogP contribution in [0.4, 0.5) is 10.3 Å². The highest BCUT2D eigenvalue weighted by molar-refractivity contribution is 7.84. The molecule has 0 aromatic carbocycles. The number of carbonyl (C=O) groups excluding carboxylic acids is 4. The molecule has 26 nitrogen and oxygen atoms in total. The first-order valence-electron chi connectivity index (χ1n) is 15.2. The van der Waals surface area contributed by atoms with Gasteiger partial charge in [0.1, 0.15) is 23.5 Å². The van der Waals surface area contributed by atoms with Crippen molar-refractivity contribution in [2.24, 2.45) is 10.3 Å². The van der Waals surface area contributed by atoms with Gasteiger partial charge in [-0.15, -0.1) is 22.7 Å². The topological polar surface area (TPSA) is 398 Å². The van der Waals surface area contributed by atoms with Crippen molar-refractivity contribution in [2.45, 2.75) is 76.9 Å². The number of aliphatic carboxylic acids is 2. The number of oxime groups is 2. The number of carboxylic acids is 2. The van der Waals surface area contributed by atoms with E-state index in [9.17, 15) is 64.9 Å². The van der Waals surface area contributed by atoms with Gasteiger partial charge in [0.25, 0.3) is 17.7 Å².